The number of fused-ring (bicyclic) bond motifs is 1. The lowest BCUT2D eigenvalue weighted by Crippen LogP contribution is -2.25. The minimum atomic E-state index is 0.0281. The molecule has 4 rings (SSSR count). The first-order valence-corrected chi connectivity index (χ1v) is 10.7. The molecular weight excluding hydrogens is 382 g/mol. The molecule has 2 heterocycles. The lowest BCUT2D eigenvalue weighted by molar-refractivity contribution is 0.355. The quantitative estimate of drug-likeness (QED) is 0.675. The topological polar surface area (TPSA) is 60.1 Å². The second kappa shape index (κ2) is 8.03. The number of nitrogens with two attached hydrogens (primary N) is 1. The van der Waals surface area contributed by atoms with Crippen molar-refractivity contribution < 1.29 is 9.47 Å². The number of nitrogen functional groups attached to an aromatic ring is 1. The number of thioether (sulfide) groups is 1. The highest BCUT2D eigenvalue weighted by atomic mass is 32.2. The standard InChI is InChI=1S/C23H27N3O2S/c1-14(2)15-5-7-18(24)17(11-15)23-25-19-9-10-26(13-22(19)29-23)16-6-8-20(27-3)21(12-16)28-4/h5-8,11-14,23H,9-10,24H2,1-4H3. The Bertz CT molecular complexity index is 984. The van der Waals surface area contributed by atoms with Gasteiger partial charge in [0.1, 0.15) is 5.37 Å². The zero-order valence-corrected chi connectivity index (χ0v) is 18.1. The van der Waals surface area contributed by atoms with Crippen LogP contribution < -0.4 is 20.1 Å². The van der Waals surface area contributed by atoms with E-state index in [-0.39, 0.29) is 5.37 Å². The maximum absolute atomic E-state index is 6.30. The molecule has 0 aromatic heterocycles. The first-order valence-electron chi connectivity index (χ1n) is 9.83. The summed E-state index contributed by atoms with van der Waals surface area (Å²) in [5, 5.41) is 0.0281. The van der Waals surface area contributed by atoms with Gasteiger partial charge in [0.15, 0.2) is 11.5 Å². The number of benzene rings is 2. The van der Waals surface area contributed by atoms with E-state index in [2.05, 4.69) is 43.1 Å². The largest absolute Gasteiger partial charge is 0.493 e. The van der Waals surface area contributed by atoms with E-state index in [9.17, 15) is 0 Å². The van der Waals surface area contributed by atoms with Crippen molar-refractivity contribution in [1.82, 2.24) is 0 Å². The zero-order valence-electron chi connectivity index (χ0n) is 17.3. The van der Waals surface area contributed by atoms with Crippen molar-refractivity contribution in [3.63, 3.8) is 0 Å². The summed E-state index contributed by atoms with van der Waals surface area (Å²) in [6.07, 6.45) is 3.10. The normalized spacial score (nSPS) is 18.4. The van der Waals surface area contributed by atoms with Crippen molar-refractivity contribution in [2.24, 2.45) is 4.99 Å². The average Bonchev–Trinajstić information content (AvgIpc) is 3.16. The second-order valence-electron chi connectivity index (χ2n) is 7.57. The summed E-state index contributed by atoms with van der Waals surface area (Å²) in [5.74, 6) is 1.94. The molecule has 6 heteroatoms. The molecule has 0 radical (unpaired) electrons. The lowest BCUT2D eigenvalue weighted by Gasteiger charge is -2.26. The van der Waals surface area contributed by atoms with Crippen LogP contribution in [0.4, 0.5) is 11.4 Å². The Morgan fingerprint density at radius 2 is 1.90 bits per heavy atom. The molecule has 0 bridgehead atoms. The molecule has 5 nitrogen and oxygen atoms in total. The minimum absolute atomic E-state index is 0.0281. The van der Waals surface area contributed by atoms with Gasteiger partial charge in [0.25, 0.3) is 0 Å². The number of methoxy groups -OCH3 is 2. The Balaban J connectivity index is 1.60. The number of hydrogen-bond acceptors (Lipinski definition) is 6. The molecule has 0 aliphatic carbocycles. The number of ether oxygens (including phenoxy) is 2. The lowest BCUT2D eigenvalue weighted by atomic mass is 9.99. The van der Waals surface area contributed by atoms with Gasteiger partial charge in [0.2, 0.25) is 0 Å². The van der Waals surface area contributed by atoms with E-state index in [0.29, 0.717) is 5.92 Å². The van der Waals surface area contributed by atoms with Gasteiger partial charge < -0.3 is 20.1 Å². The van der Waals surface area contributed by atoms with E-state index >= 15 is 0 Å². The maximum Gasteiger partial charge on any atom is 0.162 e. The third-order valence-electron chi connectivity index (χ3n) is 5.40. The van der Waals surface area contributed by atoms with Crippen LogP contribution in [0.5, 0.6) is 11.5 Å². The third-order valence-corrected chi connectivity index (χ3v) is 6.58. The summed E-state index contributed by atoms with van der Waals surface area (Å²) in [4.78, 5) is 8.45. The Kier molecular flexibility index (Phi) is 5.46. The molecular formula is C23H27N3O2S. The van der Waals surface area contributed by atoms with Crippen molar-refractivity contribution in [1.29, 1.82) is 0 Å². The van der Waals surface area contributed by atoms with Gasteiger partial charge >= 0.3 is 0 Å². The first-order chi connectivity index (χ1) is 14.0. The van der Waals surface area contributed by atoms with Crippen LogP contribution in [0.15, 0.2) is 52.5 Å². The second-order valence-corrected chi connectivity index (χ2v) is 8.69. The van der Waals surface area contributed by atoms with Crippen LogP contribution in [0.3, 0.4) is 0 Å². The fourth-order valence-corrected chi connectivity index (χ4v) is 4.88. The van der Waals surface area contributed by atoms with Crippen molar-refractivity contribution in [3.8, 4) is 11.5 Å². The van der Waals surface area contributed by atoms with Crippen molar-refractivity contribution in [2.75, 3.05) is 31.4 Å². The molecule has 152 valence electrons. The number of hydrogen-bond donors (Lipinski definition) is 1. The van der Waals surface area contributed by atoms with Gasteiger partial charge in [-0.1, -0.05) is 37.7 Å². The van der Waals surface area contributed by atoms with Gasteiger partial charge in [-0.3, -0.25) is 4.99 Å². The molecule has 2 aliphatic heterocycles. The van der Waals surface area contributed by atoms with E-state index < -0.39 is 0 Å². The van der Waals surface area contributed by atoms with E-state index in [1.165, 1.54) is 16.2 Å². The number of allylic oxidation sites excluding steroid dienone is 1. The average molecular weight is 410 g/mol. The van der Waals surface area contributed by atoms with E-state index in [1.807, 2.05) is 18.2 Å². The molecule has 1 atom stereocenters. The van der Waals surface area contributed by atoms with E-state index in [0.717, 1.165) is 41.4 Å². The highest BCUT2D eigenvalue weighted by Gasteiger charge is 2.30. The van der Waals surface area contributed by atoms with E-state index in [4.69, 9.17) is 20.2 Å². The van der Waals surface area contributed by atoms with Crippen LogP contribution in [0.2, 0.25) is 0 Å². The molecule has 29 heavy (non-hydrogen) atoms. The molecule has 0 fully saturated rings. The predicted octanol–water partition coefficient (Wildman–Crippen LogP) is 5.35. The molecule has 2 aromatic rings. The Hall–Kier alpha value is -2.60. The van der Waals surface area contributed by atoms with Gasteiger partial charge in [-0.05, 0) is 29.7 Å². The SMILES string of the molecule is COc1ccc(N2C=C3SC(c4cc(C(C)C)ccc4N)N=C3CC2)cc1OC. The summed E-state index contributed by atoms with van der Waals surface area (Å²) >= 11 is 1.78. The smallest absolute Gasteiger partial charge is 0.162 e. The summed E-state index contributed by atoms with van der Waals surface area (Å²) < 4.78 is 10.8. The molecule has 0 saturated carbocycles. The zero-order chi connectivity index (χ0) is 20.5. The summed E-state index contributed by atoms with van der Waals surface area (Å²) in [5.41, 5.74) is 11.8. The van der Waals surface area contributed by atoms with Gasteiger partial charge in [-0.15, -0.1) is 0 Å². The van der Waals surface area contributed by atoms with Crippen molar-refractivity contribution >= 4 is 28.8 Å². The van der Waals surface area contributed by atoms with Crippen molar-refractivity contribution in [3.05, 3.63) is 58.6 Å². The highest BCUT2D eigenvalue weighted by molar-refractivity contribution is 8.04. The molecule has 2 N–H and O–H groups in total. The van der Waals surface area contributed by atoms with E-state index in [1.54, 1.807) is 26.0 Å². The first kappa shape index (κ1) is 19.7. The molecule has 0 spiro atoms. The van der Waals surface area contributed by atoms with Gasteiger partial charge in [0.05, 0.1) is 19.9 Å². The number of anilines is 2. The minimum Gasteiger partial charge on any atom is -0.493 e. The Labute approximate surface area is 176 Å². The van der Waals surface area contributed by atoms with Gasteiger partial charge in [-0.25, -0.2) is 0 Å². The maximum atomic E-state index is 6.30. The van der Waals surface area contributed by atoms with Gasteiger partial charge in [-0.2, -0.15) is 0 Å². The van der Waals surface area contributed by atoms with Crippen LogP contribution in [0.25, 0.3) is 0 Å². The van der Waals surface area contributed by atoms with Crippen molar-refractivity contribution in [2.45, 2.75) is 31.6 Å². The fourth-order valence-electron chi connectivity index (χ4n) is 3.65. The van der Waals surface area contributed by atoms with Crippen LogP contribution in [-0.2, 0) is 0 Å². The third kappa shape index (κ3) is 3.81. The predicted molar refractivity (Wildman–Crippen MR) is 122 cm³/mol. The molecule has 2 aromatic carbocycles. The summed E-state index contributed by atoms with van der Waals surface area (Å²) in [6, 6.07) is 12.4. The number of aliphatic imine (C=N–C) groups is 1. The number of nitrogens with zero attached hydrogens (tertiary/aromatic N) is 2. The molecule has 1 unspecified atom stereocenters. The van der Waals surface area contributed by atoms with Gasteiger partial charge in [0, 0.05) is 47.1 Å². The molecule has 0 saturated heterocycles. The summed E-state index contributed by atoms with van der Waals surface area (Å²) in [6.45, 7) is 5.28. The van der Waals surface area contributed by atoms with Crippen LogP contribution in [0, 0.1) is 0 Å². The van der Waals surface area contributed by atoms with Crippen LogP contribution >= 0.6 is 11.8 Å². The number of rotatable bonds is 5. The van der Waals surface area contributed by atoms with Crippen LogP contribution in [-0.4, -0.2) is 26.5 Å². The Morgan fingerprint density at radius 1 is 1.10 bits per heavy atom. The molecule has 2 aliphatic rings. The molecule has 0 amide bonds. The highest BCUT2D eigenvalue weighted by Crippen LogP contribution is 2.47. The monoisotopic (exact) mass is 409 g/mol. The van der Waals surface area contributed by atoms with Crippen LogP contribution in [0.1, 0.15) is 42.7 Å². The Morgan fingerprint density at radius 3 is 2.62 bits per heavy atom. The summed E-state index contributed by atoms with van der Waals surface area (Å²) in [7, 11) is 3.31. The fraction of sp³-hybridized carbons (Fsp3) is 0.348.